The van der Waals surface area contributed by atoms with Crippen molar-refractivity contribution in [2.24, 2.45) is 5.73 Å². The molecule has 0 radical (unpaired) electrons. The summed E-state index contributed by atoms with van der Waals surface area (Å²) in [7, 11) is 0. The number of benzene rings is 1. The lowest BCUT2D eigenvalue weighted by atomic mass is 9.98. The SMILES string of the molecule is CCC(C)c1ccc(NC(=N)NC(=N)N)c(Cl)c1. The summed E-state index contributed by atoms with van der Waals surface area (Å²) in [5, 5.41) is 20.2. The van der Waals surface area contributed by atoms with E-state index in [9.17, 15) is 0 Å². The Hall–Kier alpha value is -1.75. The summed E-state index contributed by atoms with van der Waals surface area (Å²) in [6, 6.07) is 5.68. The number of nitrogens with one attached hydrogen (secondary N) is 4. The second-order valence-corrected chi connectivity index (χ2v) is 4.49. The van der Waals surface area contributed by atoms with Crippen molar-refractivity contribution < 1.29 is 0 Å². The topological polar surface area (TPSA) is 97.8 Å². The van der Waals surface area contributed by atoms with E-state index in [2.05, 4.69) is 24.5 Å². The van der Waals surface area contributed by atoms with Crippen molar-refractivity contribution in [3.8, 4) is 0 Å². The number of hydrogen-bond acceptors (Lipinski definition) is 2. The number of halogens is 1. The molecule has 0 heterocycles. The molecule has 5 nitrogen and oxygen atoms in total. The number of hydrogen-bond donors (Lipinski definition) is 5. The lowest BCUT2D eigenvalue weighted by Gasteiger charge is -2.13. The maximum Gasteiger partial charge on any atom is 0.199 e. The standard InChI is InChI=1S/C12H18ClN5/c1-3-7(2)8-4-5-10(9(13)6-8)17-12(16)18-11(14)15/h4-7H,3H2,1-2H3,(H6,14,15,16,17,18). The summed E-state index contributed by atoms with van der Waals surface area (Å²) in [6.07, 6.45) is 1.05. The van der Waals surface area contributed by atoms with Gasteiger partial charge in [-0.2, -0.15) is 0 Å². The summed E-state index contributed by atoms with van der Waals surface area (Å²) in [5.74, 6) is 0.0758. The van der Waals surface area contributed by atoms with Crippen LogP contribution in [0.2, 0.25) is 5.02 Å². The first-order chi connectivity index (χ1) is 8.43. The zero-order valence-electron chi connectivity index (χ0n) is 10.5. The third kappa shape index (κ3) is 3.92. The monoisotopic (exact) mass is 267 g/mol. The molecule has 1 unspecified atom stereocenters. The van der Waals surface area contributed by atoms with Crippen molar-refractivity contribution in [3.63, 3.8) is 0 Å². The van der Waals surface area contributed by atoms with Crippen LogP contribution in [0.5, 0.6) is 0 Å². The molecule has 1 atom stereocenters. The van der Waals surface area contributed by atoms with Crippen LogP contribution in [0.25, 0.3) is 0 Å². The van der Waals surface area contributed by atoms with Crippen molar-refractivity contribution in [1.29, 1.82) is 10.8 Å². The Kier molecular flexibility index (Phi) is 4.97. The van der Waals surface area contributed by atoms with Crippen LogP contribution in [-0.2, 0) is 0 Å². The van der Waals surface area contributed by atoms with Crippen molar-refractivity contribution in [2.45, 2.75) is 26.2 Å². The van der Waals surface area contributed by atoms with Gasteiger partial charge in [-0.15, -0.1) is 0 Å². The van der Waals surface area contributed by atoms with Gasteiger partial charge in [-0.25, -0.2) is 0 Å². The van der Waals surface area contributed by atoms with Crippen molar-refractivity contribution >= 4 is 29.2 Å². The summed E-state index contributed by atoms with van der Waals surface area (Å²) < 4.78 is 0. The number of anilines is 1. The number of nitrogens with two attached hydrogens (primary N) is 1. The largest absolute Gasteiger partial charge is 0.370 e. The highest BCUT2D eigenvalue weighted by Crippen LogP contribution is 2.27. The van der Waals surface area contributed by atoms with E-state index in [-0.39, 0.29) is 11.9 Å². The van der Waals surface area contributed by atoms with Gasteiger partial charge in [-0.3, -0.25) is 16.1 Å². The van der Waals surface area contributed by atoms with E-state index < -0.39 is 0 Å². The fourth-order valence-electron chi connectivity index (χ4n) is 1.48. The van der Waals surface area contributed by atoms with Gasteiger partial charge in [0.15, 0.2) is 11.9 Å². The molecular weight excluding hydrogens is 250 g/mol. The Labute approximate surface area is 112 Å². The van der Waals surface area contributed by atoms with Gasteiger partial charge in [0.05, 0.1) is 10.7 Å². The first-order valence-electron chi connectivity index (χ1n) is 5.70. The van der Waals surface area contributed by atoms with Gasteiger partial charge in [-0.1, -0.05) is 31.5 Å². The molecular formula is C12H18ClN5. The van der Waals surface area contributed by atoms with Crippen molar-refractivity contribution in [1.82, 2.24) is 5.32 Å². The highest BCUT2D eigenvalue weighted by Gasteiger charge is 2.08. The van der Waals surface area contributed by atoms with Gasteiger partial charge in [-0.05, 0) is 30.0 Å². The van der Waals surface area contributed by atoms with E-state index in [0.29, 0.717) is 16.6 Å². The molecule has 6 heteroatoms. The Bertz CT molecular complexity index is 458. The van der Waals surface area contributed by atoms with Gasteiger partial charge in [0, 0.05) is 0 Å². The zero-order valence-corrected chi connectivity index (χ0v) is 11.2. The van der Waals surface area contributed by atoms with Crippen LogP contribution in [0.3, 0.4) is 0 Å². The fraction of sp³-hybridized carbons (Fsp3) is 0.333. The molecule has 1 aromatic carbocycles. The van der Waals surface area contributed by atoms with E-state index >= 15 is 0 Å². The molecule has 0 saturated carbocycles. The summed E-state index contributed by atoms with van der Waals surface area (Å²) in [5.41, 5.74) is 6.90. The maximum absolute atomic E-state index is 7.53. The molecule has 0 aliphatic carbocycles. The molecule has 0 spiro atoms. The van der Waals surface area contributed by atoms with Crippen LogP contribution >= 0.6 is 11.6 Å². The quantitative estimate of drug-likeness (QED) is 0.430. The molecule has 0 saturated heterocycles. The molecule has 6 N–H and O–H groups in total. The van der Waals surface area contributed by atoms with Crippen LogP contribution in [0.4, 0.5) is 5.69 Å². The van der Waals surface area contributed by atoms with Crippen molar-refractivity contribution in [2.75, 3.05) is 5.32 Å². The first-order valence-corrected chi connectivity index (χ1v) is 6.08. The Morgan fingerprint density at radius 1 is 1.44 bits per heavy atom. The van der Waals surface area contributed by atoms with Gasteiger partial charge < -0.3 is 11.1 Å². The third-order valence-corrected chi connectivity index (χ3v) is 3.01. The molecule has 0 bridgehead atoms. The molecule has 0 aliphatic heterocycles. The van der Waals surface area contributed by atoms with Crippen LogP contribution < -0.4 is 16.4 Å². The summed E-state index contributed by atoms with van der Waals surface area (Å²) >= 11 is 6.14. The Balaban J connectivity index is 2.80. The maximum atomic E-state index is 7.53. The average Bonchev–Trinajstić information content (AvgIpc) is 2.29. The van der Waals surface area contributed by atoms with Crippen LogP contribution in [0, 0.1) is 10.8 Å². The minimum Gasteiger partial charge on any atom is -0.370 e. The van der Waals surface area contributed by atoms with E-state index in [1.165, 1.54) is 5.56 Å². The Morgan fingerprint density at radius 3 is 2.61 bits per heavy atom. The third-order valence-electron chi connectivity index (χ3n) is 2.69. The lowest BCUT2D eigenvalue weighted by Crippen LogP contribution is -2.39. The molecule has 18 heavy (non-hydrogen) atoms. The number of rotatable bonds is 3. The summed E-state index contributed by atoms with van der Waals surface area (Å²) in [6.45, 7) is 4.26. The molecule has 1 rings (SSSR count). The van der Waals surface area contributed by atoms with Crippen molar-refractivity contribution in [3.05, 3.63) is 28.8 Å². The molecule has 0 aromatic heterocycles. The van der Waals surface area contributed by atoms with E-state index in [4.69, 9.17) is 28.2 Å². The number of guanidine groups is 2. The highest BCUT2D eigenvalue weighted by molar-refractivity contribution is 6.33. The van der Waals surface area contributed by atoms with Crippen LogP contribution in [0.1, 0.15) is 31.7 Å². The second-order valence-electron chi connectivity index (χ2n) is 4.09. The molecule has 1 aromatic rings. The smallest absolute Gasteiger partial charge is 0.199 e. The molecule has 0 amide bonds. The van der Waals surface area contributed by atoms with Gasteiger partial charge in [0.25, 0.3) is 0 Å². The molecule has 0 aliphatic rings. The van der Waals surface area contributed by atoms with Crippen LogP contribution in [-0.4, -0.2) is 11.9 Å². The molecule has 0 fully saturated rings. The second kappa shape index (κ2) is 6.26. The first kappa shape index (κ1) is 14.3. The minimum absolute atomic E-state index is 0.0827. The normalized spacial score (nSPS) is 11.7. The predicted octanol–water partition coefficient (Wildman–Crippen LogP) is 2.68. The van der Waals surface area contributed by atoms with Gasteiger partial charge >= 0.3 is 0 Å². The van der Waals surface area contributed by atoms with Gasteiger partial charge in [0.1, 0.15) is 0 Å². The summed E-state index contributed by atoms with van der Waals surface area (Å²) in [4.78, 5) is 0. The van der Waals surface area contributed by atoms with E-state index in [0.717, 1.165) is 6.42 Å². The van der Waals surface area contributed by atoms with E-state index in [1.807, 2.05) is 18.2 Å². The molecule has 98 valence electrons. The van der Waals surface area contributed by atoms with E-state index in [1.54, 1.807) is 0 Å². The van der Waals surface area contributed by atoms with Crippen LogP contribution in [0.15, 0.2) is 18.2 Å². The van der Waals surface area contributed by atoms with Gasteiger partial charge in [0.2, 0.25) is 0 Å². The lowest BCUT2D eigenvalue weighted by molar-refractivity contribution is 0.734. The highest BCUT2D eigenvalue weighted by atomic mass is 35.5. The predicted molar refractivity (Wildman–Crippen MR) is 76.6 cm³/mol. The fourth-order valence-corrected chi connectivity index (χ4v) is 1.71. The zero-order chi connectivity index (χ0) is 13.7. The average molecular weight is 268 g/mol. The Morgan fingerprint density at radius 2 is 2.11 bits per heavy atom. The minimum atomic E-state index is -0.292.